The van der Waals surface area contributed by atoms with Crippen molar-refractivity contribution >= 4 is 28.5 Å². The second kappa shape index (κ2) is 4.37. The molecule has 0 saturated carbocycles. The molecule has 2 rings (SSSR count). The monoisotopic (exact) mass is 237 g/mol. The lowest BCUT2D eigenvalue weighted by Gasteiger charge is -2.05. The fourth-order valence-electron chi connectivity index (χ4n) is 1.39. The molecule has 1 aromatic heterocycles. The highest BCUT2D eigenvalue weighted by molar-refractivity contribution is 6.26. The lowest BCUT2D eigenvalue weighted by Crippen LogP contribution is -2.10. The van der Waals surface area contributed by atoms with Gasteiger partial charge in [-0.2, -0.15) is 0 Å². The summed E-state index contributed by atoms with van der Waals surface area (Å²) >= 11 is 5.34. The molecule has 0 bridgehead atoms. The second-order valence-corrected chi connectivity index (χ2v) is 3.42. The van der Waals surface area contributed by atoms with Crippen LogP contribution < -0.4 is 10.3 Å². The second-order valence-electron chi connectivity index (χ2n) is 3.15. The minimum atomic E-state index is -0.557. The molecule has 0 saturated heterocycles. The summed E-state index contributed by atoms with van der Waals surface area (Å²) in [6.07, 6.45) is 0. The maximum Gasteiger partial charge on any atom is 0.326 e. The van der Waals surface area contributed by atoms with Crippen molar-refractivity contribution < 1.29 is 9.53 Å². The number of esters is 1. The summed E-state index contributed by atoms with van der Waals surface area (Å²) in [4.78, 5) is 24.8. The molecular formula is C11H8ClNO3. The van der Waals surface area contributed by atoms with Crippen LogP contribution in [-0.4, -0.2) is 16.8 Å². The smallest absolute Gasteiger partial charge is 0.326 e. The Bertz CT molecular complexity index is 591. The summed E-state index contributed by atoms with van der Waals surface area (Å²) in [6.45, 7) is 0. The highest BCUT2D eigenvalue weighted by atomic mass is 35.5. The average Bonchev–Trinajstić information content (AvgIpc) is 2.29. The van der Waals surface area contributed by atoms with E-state index in [2.05, 4.69) is 4.98 Å². The van der Waals surface area contributed by atoms with Gasteiger partial charge in [-0.05, 0) is 12.1 Å². The van der Waals surface area contributed by atoms with E-state index in [-0.39, 0.29) is 11.4 Å². The van der Waals surface area contributed by atoms with Crippen LogP contribution in [0.1, 0.15) is 0 Å². The number of fused-ring (bicyclic) bond motifs is 1. The number of para-hydroxylation sites is 1. The van der Waals surface area contributed by atoms with Crippen LogP contribution in [0.5, 0.6) is 5.75 Å². The van der Waals surface area contributed by atoms with Gasteiger partial charge in [0.2, 0.25) is 5.56 Å². The van der Waals surface area contributed by atoms with Crippen LogP contribution in [0.3, 0.4) is 0 Å². The average molecular weight is 238 g/mol. The Hall–Kier alpha value is -1.81. The Labute approximate surface area is 95.8 Å². The minimum Gasteiger partial charge on any atom is -0.423 e. The van der Waals surface area contributed by atoms with E-state index in [0.717, 1.165) is 5.39 Å². The molecule has 0 unspecified atom stereocenters. The number of H-pyrrole nitrogens is 1. The van der Waals surface area contributed by atoms with Crippen LogP contribution in [-0.2, 0) is 4.79 Å². The molecule has 0 fully saturated rings. The highest BCUT2D eigenvalue weighted by Gasteiger charge is 2.07. The lowest BCUT2D eigenvalue weighted by atomic mass is 10.2. The van der Waals surface area contributed by atoms with Gasteiger partial charge >= 0.3 is 5.97 Å². The van der Waals surface area contributed by atoms with Gasteiger partial charge in [-0.25, -0.2) is 0 Å². The van der Waals surface area contributed by atoms with Crippen LogP contribution in [0, 0.1) is 0 Å². The number of nitrogens with one attached hydrogen (secondary N) is 1. The van der Waals surface area contributed by atoms with Gasteiger partial charge in [-0.3, -0.25) is 9.59 Å². The van der Waals surface area contributed by atoms with E-state index in [1.165, 1.54) is 6.07 Å². The Morgan fingerprint density at radius 2 is 2.12 bits per heavy atom. The predicted octanol–water partition coefficient (Wildman–Crippen LogP) is 1.67. The molecule has 4 nitrogen and oxygen atoms in total. The molecule has 2 aromatic rings. The Kier molecular flexibility index (Phi) is 2.92. The van der Waals surface area contributed by atoms with Gasteiger partial charge in [0, 0.05) is 11.5 Å². The third kappa shape index (κ3) is 2.06. The lowest BCUT2D eigenvalue weighted by molar-refractivity contribution is -0.131. The molecule has 1 heterocycles. The van der Waals surface area contributed by atoms with Crippen molar-refractivity contribution in [2.75, 3.05) is 5.88 Å². The van der Waals surface area contributed by atoms with E-state index < -0.39 is 5.97 Å². The highest BCUT2D eigenvalue weighted by Crippen LogP contribution is 2.22. The van der Waals surface area contributed by atoms with Gasteiger partial charge in [0.15, 0.2) is 5.75 Å². The number of aromatic nitrogens is 1. The Balaban J connectivity index is 2.56. The molecule has 0 amide bonds. The van der Waals surface area contributed by atoms with E-state index in [9.17, 15) is 9.59 Å². The van der Waals surface area contributed by atoms with Crippen molar-refractivity contribution in [3.8, 4) is 5.75 Å². The van der Waals surface area contributed by atoms with Crippen LogP contribution in [0.4, 0.5) is 0 Å². The van der Waals surface area contributed by atoms with E-state index >= 15 is 0 Å². The quantitative estimate of drug-likeness (QED) is 0.491. The van der Waals surface area contributed by atoms with E-state index in [4.69, 9.17) is 16.3 Å². The van der Waals surface area contributed by atoms with Gasteiger partial charge < -0.3 is 9.72 Å². The van der Waals surface area contributed by atoms with Gasteiger partial charge in [-0.1, -0.05) is 12.1 Å². The molecule has 0 spiro atoms. The number of carbonyl (C=O) groups is 1. The number of hydrogen-bond donors (Lipinski definition) is 1. The number of rotatable bonds is 2. The molecule has 0 radical (unpaired) electrons. The molecule has 0 aliphatic rings. The standard InChI is InChI=1S/C11H8ClNO3/c12-6-10(15)16-8-3-1-2-7-4-5-9(14)13-11(7)8/h1-5H,6H2,(H,13,14). The van der Waals surface area contributed by atoms with Gasteiger partial charge in [0.1, 0.15) is 5.88 Å². The zero-order chi connectivity index (χ0) is 11.5. The number of hydrogen-bond acceptors (Lipinski definition) is 3. The molecule has 0 aliphatic carbocycles. The topological polar surface area (TPSA) is 59.2 Å². The van der Waals surface area contributed by atoms with Gasteiger partial charge in [0.25, 0.3) is 0 Å². The zero-order valence-electron chi connectivity index (χ0n) is 8.20. The number of halogens is 1. The van der Waals surface area contributed by atoms with E-state index in [0.29, 0.717) is 11.3 Å². The maximum absolute atomic E-state index is 11.2. The van der Waals surface area contributed by atoms with Crippen LogP contribution >= 0.6 is 11.6 Å². The third-order valence-corrected chi connectivity index (χ3v) is 2.27. The number of pyridine rings is 1. The van der Waals surface area contributed by atoms with E-state index in [1.54, 1.807) is 18.2 Å². The summed E-state index contributed by atoms with van der Waals surface area (Å²) in [7, 11) is 0. The van der Waals surface area contributed by atoms with Gasteiger partial charge in [0.05, 0.1) is 5.52 Å². The van der Waals surface area contributed by atoms with Crippen LogP contribution in [0.25, 0.3) is 10.9 Å². The zero-order valence-corrected chi connectivity index (χ0v) is 8.95. The van der Waals surface area contributed by atoms with Gasteiger partial charge in [-0.15, -0.1) is 11.6 Å². The van der Waals surface area contributed by atoms with E-state index in [1.807, 2.05) is 6.07 Å². The summed E-state index contributed by atoms with van der Waals surface area (Å²) in [5.41, 5.74) is 0.246. The molecule has 16 heavy (non-hydrogen) atoms. The molecule has 0 aliphatic heterocycles. The SMILES string of the molecule is O=C(CCl)Oc1cccc2ccc(=O)[nH]c12. The van der Waals surface area contributed by atoms with Crippen molar-refractivity contribution in [1.82, 2.24) is 4.98 Å². The number of carbonyl (C=O) groups excluding carboxylic acids is 1. The van der Waals surface area contributed by atoms with Crippen LogP contribution in [0.2, 0.25) is 0 Å². The molecule has 1 aromatic carbocycles. The molecule has 0 atom stereocenters. The number of alkyl halides is 1. The first-order chi connectivity index (χ1) is 7.70. The first-order valence-electron chi connectivity index (χ1n) is 4.59. The van der Waals surface area contributed by atoms with Crippen molar-refractivity contribution in [3.05, 3.63) is 40.7 Å². The molecule has 1 N–H and O–H groups in total. The fourth-order valence-corrected chi connectivity index (χ4v) is 1.44. The van der Waals surface area contributed by atoms with Crippen molar-refractivity contribution in [2.45, 2.75) is 0 Å². The van der Waals surface area contributed by atoms with Crippen molar-refractivity contribution in [2.24, 2.45) is 0 Å². The normalized spacial score (nSPS) is 10.3. The number of benzene rings is 1. The Morgan fingerprint density at radius 1 is 1.31 bits per heavy atom. The minimum absolute atomic E-state index is 0.229. The molecular weight excluding hydrogens is 230 g/mol. The Morgan fingerprint density at radius 3 is 2.88 bits per heavy atom. The third-order valence-electron chi connectivity index (χ3n) is 2.05. The number of aromatic amines is 1. The number of ether oxygens (including phenoxy) is 1. The first-order valence-corrected chi connectivity index (χ1v) is 5.13. The summed E-state index contributed by atoms with van der Waals surface area (Å²) in [5.74, 6) is -0.479. The summed E-state index contributed by atoms with van der Waals surface area (Å²) in [6, 6.07) is 8.21. The summed E-state index contributed by atoms with van der Waals surface area (Å²) in [5, 5.41) is 0.791. The largest absolute Gasteiger partial charge is 0.423 e. The predicted molar refractivity (Wildman–Crippen MR) is 60.9 cm³/mol. The van der Waals surface area contributed by atoms with Crippen molar-refractivity contribution in [1.29, 1.82) is 0 Å². The first kappa shape index (κ1) is 10.7. The summed E-state index contributed by atoms with van der Waals surface area (Å²) < 4.78 is 4.99. The van der Waals surface area contributed by atoms with Crippen molar-refractivity contribution in [3.63, 3.8) is 0 Å². The molecule has 82 valence electrons. The fraction of sp³-hybridized carbons (Fsp3) is 0.0909. The molecule has 5 heteroatoms. The maximum atomic E-state index is 11.2. The van der Waals surface area contributed by atoms with Crippen LogP contribution in [0.15, 0.2) is 35.1 Å².